The van der Waals surface area contributed by atoms with Crippen LogP contribution in [0.4, 0.5) is 0 Å². The lowest BCUT2D eigenvalue weighted by molar-refractivity contribution is -0.266. The summed E-state index contributed by atoms with van der Waals surface area (Å²) in [5.74, 6) is -8.09. The second-order valence-electron chi connectivity index (χ2n) is 20.2. The largest absolute Gasteiger partial charge is 0.460 e. The Bertz CT molecular complexity index is 1810. The van der Waals surface area contributed by atoms with E-state index in [-0.39, 0.29) is 67.8 Å². The van der Waals surface area contributed by atoms with Crippen molar-refractivity contribution in [2.45, 2.75) is 180 Å². The van der Waals surface area contributed by atoms with Gasteiger partial charge in [-0.25, -0.2) is 4.79 Å². The first-order chi connectivity index (χ1) is 32.2. The van der Waals surface area contributed by atoms with Gasteiger partial charge in [0, 0.05) is 58.5 Å². The minimum Gasteiger partial charge on any atom is -0.460 e. The van der Waals surface area contributed by atoms with Crippen LogP contribution in [-0.4, -0.2) is 145 Å². The first-order valence-corrected chi connectivity index (χ1v) is 25.0. The zero-order valence-electron chi connectivity index (χ0n) is 42.4. The highest BCUT2D eigenvalue weighted by Crippen LogP contribution is 2.38. The van der Waals surface area contributed by atoms with Gasteiger partial charge in [-0.2, -0.15) is 0 Å². The Morgan fingerprint density at radius 2 is 1.59 bits per heavy atom. The van der Waals surface area contributed by atoms with Crippen molar-refractivity contribution in [3.05, 3.63) is 47.6 Å². The third kappa shape index (κ3) is 15.5. The molecule has 4 aliphatic rings. The summed E-state index contributed by atoms with van der Waals surface area (Å²) in [7, 11) is 4.52. The van der Waals surface area contributed by atoms with E-state index in [4.69, 9.17) is 28.4 Å². The number of hydrogen-bond acceptors (Lipinski definition) is 14. The minimum atomic E-state index is -2.46. The molecule has 12 unspecified atom stereocenters. The van der Waals surface area contributed by atoms with Crippen molar-refractivity contribution in [3.63, 3.8) is 0 Å². The van der Waals surface area contributed by atoms with Crippen LogP contribution in [0.3, 0.4) is 0 Å². The van der Waals surface area contributed by atoms with E-state index >= 15 is 0 Å². The third-order valence-electron chi connectivity index (χ3n) is 14.8. The number of piperidine rings is 1. The fourth-order valence-corrected chi connectivity index (χ4v) is 10.3. The van der Waals surface area contributed by atoms with Crippen LogP contribution in [0, 0.1) is 35.5 Å². The highest BCUT2D eigenvalue weighted by Gasteiger charge is 2.53. The molecule has 2 saturated heterocycles. The van der Waals surface area contributed by atoms with E-state index in [9.17, 15) is 39.3 Å². The summed E-state index contributed by atoms with van der Waals surface area (Å²) in [5.41, 5.74) is 1.24. The Labute approximate surface area is 405 Å². The highest BCUT2D eigenvalue weighted by molar-refractivity contribution is 6.39. The quantitative estimate of drug-likeness (QED) is 0.102. The number of aliphatic hydroxyl groups excluding tert-OH is 2. The van der Waals surface area contributed by atoms with Gasteiger partial charge in [-0.15, -0.1) is 0 Å². The summed E-state index contributed by atoms with van der Waals surface area (Å²) in [4.78, 5) is 72.2. The molecule has 68 heavy (non-hydrogen) atoms. The van der Waals surface area contributed by atoms with Gasteiger partial charge in [0.1, 0.15) is 30.1 Å². The van der Waals surface area contributed by atoms with Crippen LogP contribution in [0.15, 0.2) is 47.6 Å². The Balaban J connectivity index is 1.72. The standard InChI is InChI=1S/C53H83NO14/c1-32-16-12-11-13-17-33(2)44(66-25-24-63-8)30-40-21-19-38(7)53(62,68-40)50(59)51(60)54-23-15-14-18-41(54)52(61)67-45(35(4)28-39-20-22-42(55)46(29-39)64-9)31-43(56)34(3)27-37(6)48(58)49(65-10)47(57)36(5)26-32/h11-13,16-17,27,32,34-36,38-42,44-46,48-49,55,58,62H,14-15,18-26,28-31H2,1-10H3/t32?,34?,35?,36?,38?,39-,40?,41?,42+,44?,45?,46+,48?,49?,53?/m0/s1. The smallest absolute Gasteiger partial charge is 0.329 e. The number of ether oxygens (including phenoxy) is 6. The van der Waals surface area contributed by atoms with Gasteiger partial charge in [-0.3, -0.25) is 19.2 Å². The summed E-state index contributed by atoms with van der Waals surface area (Å²) < 4.78 is 35.1. The van der Waals surface area contributed by atoms with Crippen molar-refractivity contribution >= 4 is 29.2 Å². The lowest BCUT2D eigenvalue weighted by Crippen LogP contribution is -2.61. The van der Waals surface area contributed by atoms with Crippen LogP contribution in [0.2, 0.25) is 0 Å². The van der Waals surface area contributed by atoms with E-state index in [0.717, 1.165) is 12.0 Å². The molecule has 1 aliphatic carbocycles. The monoisotopic (exact) mass is 958 g/mol. The average molecular weight is 958 g/mol. The number of aliphatic hydroxyl groups is 3. The first-order valence-electron chi connectivity index (χ1n) is 25.0. The fraction of sp³-hybridized carbons (Fsp3) is 0.755. The Morgan fingerprint density at radius 1 is 0.853 bits per heavy atom. The summed E-state index contributed by atoms with van der Waals surface area (Å²) in [6, 6.07) is -1.15. The van der Waals surface area contributed by atoms with Crippen LogP contribution >= 0.6 is 0 Å². The molecule has 15 nitrogen and oxygen atoms in total. The second-order valence-corrected chi connectivity index (χ2v) is 20.2. The predicted molar refractivity (Wildman–Crippen MR) is 256 cm³/mol. The Kier molecular flexibility index (Phi) is 22.9. The average Bonchev–Trinajstić information content (AvgIpc) is 3.31. The van der Waals surface area contributed by atoms with Crippen molar-refractivity contribution in [1.29, 1.82) is 0 Å². The molecule has 0 aromatic heterocycles. The van der Waals surface area contributed by atoms with Gasteiger partial charge in [0.15, 0.2) is 5.78 Å². The molecular formula is C53H83NO14. The van der Waals surface area contributed by atoms with Crippen molar-refractivity contribution < 1.29 is 67.7 Å². The molecular weight excluding hydrogens is 875 g/mol. The number of Topliss-reactive ketones (excluding diaryl/α,β-unsaturated/α-hetero) is 3. The maximum Gasteiger partial charge on any atom is 0.329 e. The molecule has 0 aromatic rings. The maximum absolute atomic E-state index is 14.4. The summed E-state index contributed by atoms with van der Waals surface area (Å²) >= 11 is 0. The number of amides is 1. The molecule has 2 bridgehead atoms. The maximum atomic E-state index is 14.4. The first kappa shape index (κ1) is 57.2. The van der Waals surface area contributed by atoms with Crippen molar-refractivity contribution in [1.82, 2.24) is 4.90 Å². The van der Waals surface area contributed by atoms with Crippen LogP contribution in [0.5, 0.6) is 0 Å². The van der Waals surface area contributed by atoms with E-state index in [1.54, 1.807) is 41.1 Å². The van der Waals surface area contributed by atoms with Crippen molar-refractivity contribution in [2.24, 2.45) is 35.5 Å². The zero-order chi connectivity index (χ0) is 50.3. The molecule has 15 atom stereocenters. The van der Waals surface area contributed by atoms with Gasteiger partial charge < -0.3 is 48.6 Å². The number of nitrogens with zero attached hydrogens (tertiary/aromatic N) is 1. The third-order valence-corrected chi connectivity index (χ3v) is 14.8. The van der Waals surface area contributed by atoms with Crippen molar-refractivity contribution in [3.8, 4) is 0 Å². The molecule has 1 amide bonds. The normalized spacial score (nSPS) is 36.7. The lowest BCUT2D eigenvalue weighted by atomic mass is 9.78. The van der Waals surface area contributed by atoms with Crippen LogP contribution < -0.4 is 0 Å². The van der Waals surface area contributed by atoms with Gasteiger partial charge in [-0.05, 0) is 107 Å². The number of fused-ring (bicyclic) bond motifs is 3. The van der Waals surface area contributed by atoms with E-state index < -0.39 is 83.9 Å². The number of esters is 1. The molecule has 15 heteroatoms. The molecule has 0 aromatic carbocycles. The predicted octanol–water partition coefficient (Wildman–Crippen LogP) is 6.20. The number of carbonyl (C=O) groups excluding carboxylic acids is 5. The number of carbonyl (C=O) groups is 5. The number of ketones is 3. The molecule has 3 aliphatic heterocycles. The van der Waals surface area contributed by atoms with E-state index in [0.29, 0.717) is 63.5 Å². The van der Waals surface area contributed by atoms with Gasteiger partial charge in [0.05, 0.1) is 37.6 Å². The number of hydrogen-bond donors (Lipinski definition) is 3. The second kappa shape index (κ2) is 27.3. The van der Waals surface area contributed by atoms with Crippen LogP contribution in [0.1, 0.15) is 126 Å². The molecule has 0 spiro atoms. The highest BCUT2D eigenvalue weighted by atomic mass is 16.6. The minimum absolute atomic E-state index is 0.00394. The van der Waals surface area contributed by atoms with Crippen LogP contribution in [-0.2, 0) is 52.4 Å². The number of cyclic esters (lactones) is 1. The van der Waals surface area contributed by atoms with Gasteiger partial charge in [-0.1, -0.05) is 71.1 Å². The van der Waals surface area contributed by atoms with Crippen molar-refractivity contribution in [2.75, 3.05) is 41.1 Å². The van der Waals surface area contributed by atoms with E-state index in [2.05, 4.69) is 0 Å². The topological polar surface area (TPSA) is 205 Å². The van der Waals surface area contributed by atoms with Gasteiger partial charge >= 0.3 is 5.97 Å². The summed E-state index contributed by atoms with van der Waals surface area (Å²) in [6.07, 6.45) is 10.9. The summed E-state index contributed by atoms with van der Waals surface area (Å²) in [5, 5.41) is 34.0. The number of methoxy groups -OCH3 is 3. The molecule has 3 heterocycles. The molecule has 3 N–H and O–H groups in total. The van der Waals surface area contributed by atoms with E-state index in [1.165, 1.54) is 12.0 Å². The van der Waals surface area contributed by atoms with E-state index in [1.807, 2.05) is 58.1 Å². The van der Waals surface area contributed by atoms with Gasteiger partial charge in [0.25, 0.3) is 11.7 Å². The van der Waals surface area contributed by atoms with Gasteiger partial charge in [0.2, 0.25) is 5.79 Å². The summed E-state index contributed by atoms with van der Waals surface area (Å²) in [6.45, 7) is 13.4. The molecule has 1 saturated carbocycles. The lowest BCUT2D eigenvalue weighted by Gasteiger charge is -2.43. The fourth-order valence-electron chi connectivity index (χ4n) is 10.3. The zero-order valence-corrected chi connectivity index (χ0v) is 42.4. The molecule has 0 radical (unpaired) electrons. The van der Waals surface area contributed by atoms with Crippen LogP contribution in [0.25, 0.3) is 0 Å². The number of rotatable bonds is 9. The molecule has 4 rings (SSSR count). The Hall–Kier alpha value is -3.41. The Morgan fingerprint density at radius 3 is 2.28 bits per heavy atom. The number of allylic oxidation sites excluding steroid dienone is 6. The molecule has 3 fully saturated rings. The molecule has 384 valence electrons. The SMILES string of the molecule is COCCOC1CC2CCC(C)C(O)(O2)C(=O)C(=O)N2CCCCC2C(=O)OC(C(C)C[C@@H]2CC[C@@H](O)[C@H](OC)C2)CC(=O)C(C)C=C(C)C(O)C(OC)C(=O)C(C)CC(C)C=CC=CC=C1C.